The van der Waals surface area contributed by atoms with Gasteiger partial charge in [0.1, 0.15) is 5.75 Å². The summed E-state index contributed by atoms with van der Waals surface area (Å²) in [6, 6.07) is 17.1. The average molecular weight is 529 g/mol. The van der Waals surface area contributed by atoms with Gasteiger partial charge >= 0.3 is 0 Å². The normalized spacial score (nSPS) is 18.5. The first-order chi connectivity index (χ1) is 18.5. The number of carbonyl (C=O) groups is 1. The van der Waals surface area contributed by atoms with E-state index in [0.29, 0.717) is 29.4 Å². The molecule has 194 valence electrons. The van der Waals surface area contributed by atoms with E-state index in [1.54, 1.807) is 12.4 Å². The molecule has 2 aliphatic rings. The lowest BCUT2D eigenvalue weighted by Crippen LogP contribution is -2.46. The van der Waals surface area contributed by atoms with E-state index < -0.39 is 5.54 Å². The number of hydrogen-bond acceptors (Lipinski definition) is 7. The maximum atomic E-state index is 13.3. The molecular formula is C29H29ClN6O2. The van der Waals surface area contributed by atoms with E-state index in [1.807, 2.05) is 54.6 Å². The van der Waals surface area contributed by atoms with E-state index >= 15 is 0 Å². The Labute approximate surface area is 226 Å². The highest BCUT2D eigenvalue weighted by Gasteiger charge is 2.39. The SMILES string of the molecule is CN1CCC(Nc2cccc(C(=O)C[C@H]3COc4ccc(Cl)cc43)c2)(c2nc(-c3ccncc3)n[nH]2)CC1. The van der Waals surface area contributed by atoms with Crippen molar-refractivity contribution in [3.05, 3.63) is 89.0 Å². The number of aromatic amines is 1. The highest BCUT2D eigenvalue weighted by atomic mass is 35.5. The summed E-state index contributed by atoms with van der Waals surface area (Å²) in [6.07, 6.45) is 5.54. The minimum absolute atomic E-state index is 0.00570. The smallest absolute Gasteiger partial charge is 0.181 e. The number of nitrogens with one attached hydrogen (secondary N) is 2. The van der Waals surface area contributed by atoms with Gasteiger partial charge in [-0.25, -0.2) is 4.98 Å². The van der Waals surface area contributed by atoms with Crippen LogP contribution in [0.4, 0.5) is 5.69 Å². The molecule has 0 saturated carbocycles. The molecule has 4 heterocycles. The number of aromatic nitrogens is 4. The summed E-state index contributed by atoms with van der Waals surface area (Å²) < 4.78 is 5.78. The van der Waals surface area contributed by atoms with Crippen molar-refractivity contribution >= 4 is 23.1 Å². The van der Waals surface area contributed by atoms with E-state index in [4.69, 9.17) is 21.3 Å². The van der Waals surface area contributed by atoms with Crippen molar-refractivity contribution in [2.24, 2.45) is 0 Å². The number of benzene rings is 2. The summed E-state index contributed by atoms with van der Waals surface area (Å²) in [5.74, 6) is 2.32. The molecule has 8 nitrogen and oxygen atoms in total. The lowest BCUT2D eigenvalue weighted by atomic mass is 9.86. The maximum Gasteiger partial charge on any atom is 0.181 e. The van der Waals surface area contributed by atoms with Crippen molar-refractivity contribution in [2.75, 3.05) is 32.1 Å². The van der Waals surface area contributed by atoms with Crippen molar-refractivity contribution < 1.29 is 9.53 Å². The number of ketones is 1. The predicted molar refractivity (Wildman–Crippen MR) is 147 cm³/mol. The van der Waals surface area contributed by atoms with Crippen molar-refractivity contribution in [2.45, 2.75) is 30.7 Å². The molecule has 0 aliphatic carbocycles. The third kappa shape index (κ3) is 4.89. The summed E-state index contributed by atoms with van der Waals surface area (Å²) >= 11 is 6.20. The first-order valence-corrected chi connectivity index (χ1v) is 13.2. The summed E-state index contributed by atoms with van der Waals surface area (Å²) in [7, 11) is 2.13. The van der Waals surface area contributed by atoms with Gasteiger partial charge in [-0.3, -0.25) is 14.9 Å². The van der Waals surface area contributed by atoms with Gasteiger partial charge in [0.25, 0.3) is 0 Å². The van der Waals surface area contributed by atoms with Crippen LogP contribution in [0.5, 0.6) is 5.75 Å². The van der Waals surface area contributed by atoms with Gasteiger partial charge in [-0.2, -0.15) is 5.10 Å². The number of piperidine rings is 1. The van der Waals surface area contributed by atoms with Crippen LogP contribution in [0.1, 0.15) is 46.9 Å². The fraction of sp³-hybridized carbons (Fsp3) is 0.310. The number of carbonyl (C=O) groups excluding carboxylic acids is 1. The van der Waals surface area contributed by atoms with Gasteiger partial charge < -0.3 is 15.0 Å². The monoisotopic (exact) mass is 528 g/mol. The number of rotatable bonds is 7. The first kappa shape index (κ1) is 24.6. The Hall–Kier alpha value is -3.75. The molecule has 4 aromatic rings. The second-order valence-electron chi connectivity index (χ2n) is 10.2. The number of anilines is 1. The number of Topliss-reactive ketones (excluding diaryl/α,β-unsaturated/α-hetero) is 1. The van der Waals surface area contributed by atoms with Gasteiger partial charge in [-0.15, -0.1) is 0 Å². The first-order valence-electron chi connectivity index (χ1n) is 12.8. The number of nitrogens with zero attached hydrogens (tertiary/aromatic N) is 4. The highest BCUT2D eigenvalue weighted by Crippen LogP contribution is 2.39. The van der Waals surface area contributed by atoms with Gasteiger partial charge in [-0.1, -0.05) is 23.7 Å². The molecule has 1 saturated heterocycles. The Balaban J connectivity index is 1.24. The Bertz CT molecular complexity index is 1450. The molecule has 2 aromatic heterocycles. The highest BCUT2D eigenvalue weighted by molar-refractivity contribution is 6.30. The summed E-state index contributed by atoms with van der Waals surface area (Å²) in [4.78, 5) is 24.6. The molecule has 6 rings (SSSR count). The topological polar surface area (TPSA) is 96.0 Å². The van der Waals surface area contributed by atoms with Crippen molar-refractivity contribution in [1.82, 2.24) is 25.1 Å². The molecule has 1 atom stereocenters. The number of likely N-dealkylation sites (tertiary alicyclic amines) is 1. The molecule has 0 amide bonds. The summed E-state index contributed by atoms with van der Waals surface area (Å²) in [5, 5.41) is 12.1. The Morgan fingerprint density at radius 1 is 1.16 bits per heavy atom. The van der Waals surface area contributed by atoms with Gasteiger partial charge in [0.15, 0.2) is 17.4 Å². The molecule has 0 bridgehead atoms. The van der Waals surface area contributed by atoms with Crippen molar-refractivity contribution in [1.29, 1.82) is 0 Å². The van der Waals surface area contributed by atoms with Gasteiger partial charge in [0.2, 0.25) is 0 Å². The largest absolute Gasteiger partial charge is 0.493 e. The van der Waals surface area contributed by atoms with Crippen LogP contribution in [-0.4, -0.2) is 57.6 Å². The van der Waals surface area contributed by atoms with Crippen LogP contribution in [0.2, 0.25) is 5.02 Å². The molecule has 9 heteroatoms. The zero-order valence-corrected chi connectivity index (χ0v) is 21.9. The molecule has 2 aliphatic heterocycles. The van der Waals surface area contributed by atoms with Crippen LogP contribution in [0, 0.1) is 0 Å². The minimum atomic E-state index is -0.429. The number of H-pyrrole nitrogens is 1. The summed E-state index contributed by atoms with van der Waals surface area (Å²) in [6.45, 7) is 2.32. The number of halogens is 1. The predicted octanol–water partition coefficient (Wildman–Crippen LogP) is 5.30. The van der Waals surface area contributed by atoms with E-state index in [1.165, 1.54) is 0 Å². The molecule has 38 heavy (non-hydrogen) atoms. The third-order valence-corrected chi connectivity index (χ3v) is 7.80. The van der Waals surface area contributed by atoms with Crippen LogP contribution < -0.4 is 10.1 Å². The molecule has 0 radical (unpaired) electrons. The molecular weight excluding hydrogens is 500 g/mol. The number of pyridine rings is 1. The molecule has 2 N–H and O–H groups in total. The van der Waals surface area contributed by atoms with Gasteiger partial charge in [0.05, 0.1) is 12.1 Å². The minimum Gasteiger partial charge on any atom is -0.493 e. The maximum absolute atomic E-state index is 13.3. The van der Waals surface area contributed by atoms with Crippen molar-refractivity contribution in [3.8, 4) is 17.1 Å². The number of fused-ring (bicyclic) bond motifs is 1. The second-order valence-corrected chi connectivity index (χ2v) is 10.6. The third-order valence-electron chi connectivity index (χ3n) is 7.57. The average Bonchev–Trinajstić information content (AvgIpc) is 3.59. The zero-order valence-electron chi connectivity index (χ0n) is 21.2. The summed E-state index contributed by atoms with van der Waals surface area (Å²) in [5.41, 5.74) is 3.04. The fourth-order valence-electron chi connectivity index (χ4n) is 5.33. The van der Waals surface area contributed by atoms with E-state index in [0.717, 1.165) is 54.3 Å². The van der Waals surface area contributed by atoms with E-state index in [2.05, 4.69) is 32.4 Å². The lowest BCUT2D eigenvalue weighted by molar-refractivity contribution is 0.0969. The zero-order chi connectivity index (χ0) is 26.1. The van der Waals surface area contributed by atoms with Gasteiger partial charge in [-0.05, 0) is 62.4 Å². The fourth-order valence-corrected chi connectivity index (χ4v) is 5.51. The standard InChI is InChI=1S/C29H29ClN6O2/c1-36-13-9-29(10-14-36,28-32-27(34-35-28)19-7-11-31-12-8-19)33-23-4-2-3-20(15-23)25(37)16-21-18-38-26-6-5-22(30)17-24(21)26/h2-8,11-12,15,17,21,33H,9-10,13-14,16,18H2,1H3,(H,32,34,35)/t21-/m0/s1. The lowest BCUT2D eigenvalue weighted by Gasteiger charge is -2.40. The van der Waals surface area contributed by atoms with Crippen LogP contribution in [0.25, 0.3) is 11.4 Å². The van der Waals surface area contributed by atoms with E-state index in [9.17, 15) is 4.79 Å². The quantitative estimate of drug-likeness (QED) is 0.314. The molecule has 0 unspecified atom stereocenters. The molecule has 0 spiro atoms. The molecule has 1 fully saturated rings. The Morgan fingerprint density at radius 3 is 2.79 bits per heavy atom. The van der Waals surface area contributed by atoms with Crippen molar-refractivity contribution in [3.63, 3.8) is 0 Å². The Morgan fingerprint density at radius 2 is 1.97 bits per heavy atom. The Kier molecular flexibility index (Phi) is 6.59. The number of hydrogen-bond donors (Lipinski definition) is 2. The van der Waals surface area contributed by atoms with E-state index in [-0.39, 0.29) is 11.7 Å². The second kappa shape index (κ2) is 10.2. The molecule has 2 aromatic carbocycles. The number of ether oxygens (including phenoxy) is 1. The van der Waals surface area contributed by atoms with Crippen LogP contribution >= 0.6 is 11.6 Å². The van der Waals surface area contributed by atoms with Gasteiger partial charge in [0, 0.05) is 65.2 Å². The van der Waals surface area contributed by atoms with Crippen LogP contribution in [0.3, 0.4) is 0 Å². The van der Waals surface area contributed by atoms with Crippen LogP contribution in [0.15, 0.2) is 67.0 Å². The van der Waals surface area contributed by atoms with Crippen LogP contribution in [-0.2, 0) is 5.54 Å².